The molecule has 0 spiro atoms. The van der Waals surface area contributed by atoms with Gasteiger partial charge in [0.2, 0.25) is 0 Å². The molecule has 0 aliphatic carbocycles. The zero-order chi connectivity index (χ0) is 13.9. The summed E-state index contributed by atoms with van der Waals surface area (Å²) in [6.45, 7) is 9.41. The van der Waals surface area contributed by atoms with Crippen molar-refractivity contribution in [3.63, 3.8) is 0 Å². The number of rotatable bonds is 10. The first-order valence-electron chi connectivity index (χ1n) is 7.60. The van der Waals surface area contributed by atoms with Crippen molar-refractivity contribution in [3.05, 3.63) is 35.9 Å². The van der Waals surface area contributed by atoms with E-state index in [0.29, 0.717) is 12.0 Å². The molecule has 0 radical (unpaired) electrons. The average molecular weight is 263 g/mol. The Balaban J connectivity index is 2.34. The van der Waals surface area contributed by atoms with Gasteiger partial charge in [0, 0.05) is 19.3 Å². The predicted octanol–water partition coefficient (Wildman–Crippen LogP) is 4.18. The number of benzene rings is 1. The molecule has 0 amide bonds. The van der Waals surface area contributed by atoms with Crippen molar-refractivity contribution in [1.82, 2.24) is 5.32 Å². The minimum atomic E-state index is 0.462. The van der Waals surface area contributed by atoms with Gasteiger partial charge in [0.1, 0.15) is 0 Å². The Morgan fingerprint density at radius 3 is 2.53 bits per heavy atom. The first-order chi connectivity index (χ1) is 9.24. The Labute approximate surface area is 118 Å². The highest BCUT2D eigenvalue weighted by Gasteiger charge is 2.09. The molecule has 0 heterocycles. The fourth-order valence-corrected chi connectivity index (χ4v) is 2.10. The Morgan fingerprint density at radius 2 is 1.89 bits per heavy atom. The predicted molar refractivity (Wildman–Crippen MR) is 82.4 cm³/mol. The number of ether oxygens (including phenoxy) is 1. The van der Waals surface area contributed by atoms with Gasteiger partial charge in [-0.1, -0.05) is 51.1 Å². The number of hydrogen-bond donors (Lipinski definition) is 1. The van der Waals surface area contributed by atoms with Crippen LogP contribution in [0.1, 0.15) is 51.6 Å². The molecule has 1 aromatic carbocycles. The largest absolute Gasteiger partial charge is 0.381 e. The van der Waals surface area contributed by atoms with Gasteiger partial charge in [0.25, 0.3) is 0 Å². The van der Waals surface area contributed by atoms with Crippen molar-refractivity contribution in [1.29, 1.82) is 0 Å². The van der Waals surface area contributed by atoms with Crippen LogP contribution in [0.4, 0.5) is 0 Å². The Kier molecular flexibility index (Phi) is 8.52. The second-order valence-electron chi connectivity index (χ2n) is 5.53. The van der Waals surface area contributed by atoms with Crippen LogP contribution in [0.25, 0.3) is 0 Å². The Morgan fingerprint density at radius 1 is 1.16 bits per heavy atom. The van der Waals surface area contributed by atoms with Gasteiger partial charge < -0.3 is 10.1 Å². The molecule has 0 saturated carbocycles. The lowest BCUT2D eigenvalue weighted by molar-refractivity contribution is 0.105. The minimum Gasteiger partial charge on any atom is -0.381 e. The molecular formula is C17H29NO. The summed E-state index contributed by atoms with van der Waals surface area (Å²) < 4.78 is 5.66. The van der Waals surface area contributed by atoms with Crippen LogP contribution in [-0.4, -0.2) is 19.8 Å². The quantitative estimate of drug-likeness (QED) is 0.639. The molecule has 0 fully saturated rings. The third-order valence-electron chi connectivity index (χ3n) is 3.08. The third-order valence-corrected chi connectivity index (χ3v) is 3.08. The van der Waals surface area contributed by atoms with Crippen molar-refractivity contribution in [2.24, 2.45) is 5.92 Å². The molecule has 108 valence electrons. The van der Waals surface area contributed by atoms with Crippen molar-refractivity contribution >= 4 is 0 Å². The van der Waals surface area contributed by atoms with Crippen molar-refractivity contribution in [3.8, 4) is 0 Å². The van der Waals surface area contributed by atoms with Crippen LogP contribution in [0, 0.1) is 5.92 Å². The molecule has 1 atom stereocenters. The maximum Gasteiger partial charge on any atom is 0.0488 e. The van der Waals surface area contributed by atoms with E-state index in [1.54, 1.807) is 0 Å². The molecule has 0 aliphatic heterocycles. The van der Waals surface area contributed by atoms with E-state index in [-0.39, 0.29) is 0 Å². The normalized spacial score (nSPS) is 12.8. The number of nitrogens with one attached hydrogen (secondary N) is 1. The van der Waals surface area contributed by atoms with Gasteiger partial charge in [0.15, 0.2) is 0 Å². The highest BCUT2D eigenvalue weighted by atomic mass is 16.5. The summed E-state index contributed by atoms with van der Waals surface area (Å²) in [7, 11) is 0. The van der Waals surface area contributed by atoms with Gasteiger partial charge in [-0.05, 0) is 37.3 Å². The van der Waals surface area contributed by atoms with Crippen LogP contribution in [0.2, 0.25) is 0 Å². The number of hydrogen-bond acceptors (Lipinski definition) is 2. The summed E-state index contributed by atoms with van der Waals surface area (Å²) in [5, 5.41) is 3.63. The van der Waals surface area contributed by atoms with Crippen LogP contribution in [0.5, 0.6) is 0 Å². The zero-order valence-electron chi connectivity index (χ0n) is 12.7. The van der Waals surface area contributed by atoms with Gasteiger partial charge in [-0.3, -0.25) is 0 Å². The van der Waals surface area contributed by atoms with Gasteiger partial charge >= 0.3 is 0 Å². The van der Waals surface area contributed by atoms with Crippen molar-refractivity contribution in [2.75, 3.05) is 19.8 Å². The average Bonchev–Trinajstić information content (AvgIpc) is 2.42. The molecule has 0 aromatic heterocycles. The van der Waals surface area contributed by atoms with E-state index in [9.17, 15) is 0 Å². The second-order valence-corrected chi connectivity index (χ2v) is 5.53. The van der Waals surface area contributed by atoms with Crippen LogP contribution in [0.15, 0.2) is 30.3 Å². The van der Waals surface area contributed by atoms with Crippen LogP contribution in [0.3, 0.4) is 0 Å². The summed E-state index contributed by atoms with van der Waals surface area (Å²) in [5.74, 6) is 0.628. The highest BCUT2D eigenvalue weighted by molar-refractivity contribution is 5.18. The SMILES string of the molecule is CCCNC(CCCOCC(C)C)c1ccccc1. The van der Waals surface area contributed by atoms with Crippen molar-refractivity contribution < 1.29 is 4.74 Å². The minimum absolute atomic E-state index is 0.462. The van der Waals surface area contributed by atoms with Crippen molar-refractivity contribution in [2.45, 2.75) is 46.1 Å². The molecule has 1 N–H and O–H groups in total. The molecule has 0 bridgehead atoms. The van der Waals surface area contributed by atoms with E-state index in [0.717, 1.165) is 32.6 Å². The maximum atomic E-state index is 5.66. The second kappa shape index (κ2) is 9.99. The van der Waals surface area contributed by atoms with Gasteiger partial charge in [-0.15, -0.1) is 0 Å². The lowest BCUT2D eigenvalue weighted by atomic mass is 10.0. The van der Waals surface area contributed by atoms with E-state index in [4.69, 9.17) is 4.74 Å². The van der Waals surface area contributed by atoms with Crippen LogP contribution in [-0.2, 0) is 4.74 Å². The topological polar surface area (TPSA) is 21.3 Å². The fourth-order valence-electron chi connectivity index (χ4n) is 2.10. The van der Waals surface area contributed by atoms with E-state index >= 15 is 0 Å². The Hall–Kier alpha value is -0.860. The van der Waals surface area contributed by atoms with Gasteiger partial charge in [0.05, 0.1) is 0 Å². The van der Waals surface area contributed by atoms with E-state index < -0.39 is 0 Å². The smallest absolute Gasteiger partial charge is 0.0488 e. The first kappa shape index (κ1) is 16.2. The summed E-state index contributed by atoms with van der Waals surface area (Å²) in [6.07, 6.45) is 3.43. The van der Waals surface area contributed by atoms with E-state index in [1.165, 1.54) is 12.0 Å². The highest BCUT2D eigenvalue weighted by Crippen LogP contribution is 2.18. The summed E-state index contributed by atoms with van der Waals surface area (Å²) in [5.41, 5.74) is 1.39. The molecular weight excluding hydrogens is 234 g/mol. The zero-order valence-corrected chi connectivity index (χ0v) is 12.7. The summed E-state index contributed by atoms with van der Waals surface area (Å²) in [4.78, 5) is 0. The molecule has 2 heteroatoms. The van der Waals surface area contributed by atoms with Gasteiger partial charge in [-0.2, -0.15) is 0 Å². The molecule has 0 saturated heterocycles. The molecule has 19 heavy (non-hydrogen) atoms. The molecule has 1 aromatic rings. The van der Waals surface area contributed by atoms with E-state index in [2.05, 4.69) is 56.4 Å². The van der Waals surface area contributed by atoms with Crippen LogP contribution < -0.4 is 5.32 Å². The summed E-state index contributed by atoms with van der Waals surface area (Å²) in [6, 6.07) is 11.2. The third kappa shape index (κ3) is 7.34. The lowest BCUT2D eigenvalue weighted by Gasteiger charge is -2.19. The molecule has 2 nitrogen and oxygen atoms in total. The van der Waals surface area contributed by atoms with Gasteiger partial charge in [-0.25, -0.2) is 0 Å². The molecule has 0 aliphatic rings. The fraction of sp³-hybridized carbons (Fsp3) is 0.647. The standard InChI is InChI=1S/C17H29NO/c1-4-12-18-17(16-9-6-5-7-10-16)11-8-13-19-14-15(2)3/h5-7,9-10,15,17-18H,4,8,11-14H2,1-3H3. The summed E-state index contributed by atoms with van der Waals surface area (Å²) >= 11 is 0. The van der Waals surface area contributed by atoms with Crippen LogP contribution >= 0.6 is 0 Å². The van der Waals surface area contributed by atoms with E-state index in [1.807, 2.05) is 0 Å². The maximum absolute atomic E-state index is 5.66. The molecule has 1 unspecified atom stereocenters. The lowest BCUT2D eigenvalue weighted by Crippen LogP contribution is -2.22. The molecule has 1 rings (SSSR count). The Bertz CT molecular complexity index is 310. The monoisotopic (exact) mass is 263 g/mol. The first-order valence-corrected chi connectivity index (χ1v) is 7.60.